The molecule has 2 N–H and O–H groups in total. The predicted molar refractivity (Wildman–Crippen MR) is 51.2 cm³/mol. The van der Waals surface area contributed by atoms with Crippen LogP contribution >= 0.6 is 11.6 Å². The number of nitro benzene ring substituents is 1. The zero-order valence-electron chi connectivity index (χ0n) is 6.85. The van der Waals surface area contributed by atoms with Crippen LogP contribution in [0.1, 0.15) is 0 Å². The van der Waals surface area contributed by atoms with E-state index in [1.165, 1.54) is 18.2 Å². The fraction of sp³-hybridized carbons (Fsp3) is 0. The maximum absolute atomic E-state index is 10.3. The molecule has 0 amide bonds. The molecule has 0 saturated carbocycles. The Morgan fingerprint density at radius 1 is 1.64 bits per heavy atom. The molecule has 1 aromatic carbocycles. The van der Waals surface area contributed by atoms with E-state index in [9.17, 15) is 10.1 Å². The van der Waals surface area contributed by atoms with E-state index in [4.69, 9.17) is 16.8 Å². The number of benzene rings is 1. The lowest BCUT2D eigenvalue weighted by Crippen LogP contribution is -2.00. The fourth-order valence-corrected chi connectivity index (χ4v) is 1.04. The minimum atomic E-state index is -0.552. The number of nitrogens with one attached hydrogen (secondary N) is 1. The van der Waals surface area contributed by atoms with E-state index < -0.39 is 4.92 Å². The molecule has 74 valence electrons. The molecule has 7 heteroatoms. The Hall–Kier alpha value is -1.66. The Kier molecular flexibility index (Phi) is 3.38. The Bertz CT molecular complexity index is 380. The Labute approximate surface area is 83.9 Å². The summed E-state index contributed by atoms with van der Waals surface area (Å²) in [6.45, 7) is 0. The molecule has 0 saturated heterocycles. The zero-order chi connectivity index (χ0) is 10.6. The van der Waals surface area contributed by atoms with Crippen molar-refractivity contribution in [1.82, 2.24) is 5.48 Å². The molecule has 0 atom stereocenters. The largest absolute Gasteiger partial charge is 0.290 e. The summed E-state index contributed by atoms with van der Waals surface area (Å²) in [5, 5.41) is 18.7. The molecule has 1 aromatic rings. The SMILES string of the molecule is O=[N+]([O-])c1ccc(N=CNO)c(Cl)c1. The highest BCUT2D eigenvalue weighted by Crippen LogP contribution is 2.28. The van der Waals surface area contributed by atoms with E-state index in [1.54, 1.807) is 5.48 Å². The summed E-state index contributed by atoms with van der Waals surface area (Å²) >= 11 is 5.68. The van der Waals surface area contributed by atoms with Crippen LogP contribution in [0.2, 0.25) is 5.02 Å². The van der Waals surface area contributed by atoms with Gasteiger partial charge in [-0.15, -0.1) is 0 Å². The number of aliphatic imine (C=N–C) groups is 1. The van der Waals surface area contributed by atoms with Crippen LogP contribution in [0.5, 0.6) is 0 Å². The second-order valence-corrected chi connectivity index (χ2v) is 2.69. The maximum atomic E-state index is 10.3. The van der Waals surface area contributed by atoms with Gasteiger partial charge in [0.25, 0.3) is 5.69 Å². The van der Waals surface area contributed by atoms with Gasteiger partial charge in [0, 0.05) is 12.1 Å². The standard InChI is InChI=1S/C7H6ClN3O3/c8-6-3-5(11(13)14)1-2-7(6)9-4-10-12/h1-4,12H,(H,9,10). The average molecular weight is 216 g/mol. The zero-order valence-corrected chi connectivity index (χ0v) is 7.60. The molecule has 0 aliphatic rings. The first kappa shape index (κ1) is 10.4. The molecule has 0 heterocycles. The summed E-state index contributed by atoms with van der Waals surface area (Å²) in [4.78, 5) is 13.5. The van der Waals surface area contributed by atoms with Gasteiger partial charge in [0.05, 0.1) is 15.6 Å². The van der Waals surface area contributed by atoms with Crippen molar-refractivity contribution in [2.45, 2.75) is 0 Å². The summed E-state index contributed by atoms with van der Waals surface area (Å²) < 4.78 is 0. The minimum absolute atomic E-state index is 0.106. The summed E-state index contributed by atoms with van der Waals surface area (Å²) in [7, 11) is 0. The summed E-state index contributed by atoms with van der Waals surface area (Å²) in [6, 6.07) is 3.84. The topological polar surface area (TPSA) is 87.8 Å². The van der Waals surface area contributed by atoms with Crippen molar-refractivity contribution < 1.29 is 10.1 Å². The van der Waals surface area contributed by atoms with Crippen LogP contribution in [-0.2, 0) is 0 Å². The average Bonchev–Trinajstić information content (AvgIpc) is 2.15. The predicted octanol–water partition coefficient (Wildman–Crippen LogP) is 1.89. The molecule has 0 unspecified atom stereocenters. The van der Waals surface area contributed by atoms with Gasteiger partial charge in [-0.3, -0.25) is 20.8 Å². The van der Waals surface area contributed by atoms with E-state index in [1.807, 2.05) is 0 Å². The van der Waals surface area contributed by atoms with Gasteiger partial charge in [-0.25, -0.2) is 4.99 Å². The van der Waals surface area contributed by atoms with Crippen LogP contribution in [0.4, 0.5) is 11.4 Å². The molecule has 0 aliphatic carbocycles. The molecule has 6 nitrogen and oxygen atoms in total. The molecule has 0 aromatic heterocycles. The van der Waals surface area contributed by atoms with E-state index in [-0.39, 0.29) is 10.7 Å². The molecule has 1 rings (SSSR count). The molecule has 14 heavy (non-hydrogen) atoms. The lowest BCUT2D eigenvalue weighted by Gasteiger charge is -1.97. The van der Waals surface area contributed by atoms with Crippen molar-refractivity contribution in [2.24, 2.45) is 4.99 Å². The third kappa shape index (κ3) is 2.41. The monoisotopic (exact) mass is 215 g/mol. The van der Waals surface area contributed by atoms with Crippen molar-refractivity contribution in [2.75, 3.05) is 0 Å². The van der Waals surface area contributed by atoms with Crippen molar-refractivity contribution in [3.8, 4) is 0 Å². The molecule has 0 fully saturated rings. The Morgan fingerprint density at radius 2 is 2.36 bits per heavy atom. The molecule has 0 spiro atoms. The number of hydroxylamine groups is 1. The van der Waals surface area contributed by atoms with Crippen molar-refractivity contribution in [3.05, 3.63) is 33.3 Å². The highest BCUT2D eigenvalue weighted by molar-refractivity contribution is 6.33. The molecule has 0 radical (unpaired) electrons. The van der Waals surface area contributed by atoms with Crippen LogP contribution in [0, 0.1) is 10.1 Å². The third-order valence-electron chi connectivity index (χ3n) is 1.40. The smallest absolute Gasteiger partial charge is 0.271 e. The normalized spacial score (nSPS) is 10.4. The first-order valence-electron chi connectivity index (χ1n) is 3.51. The van der Waals surface area contributed by atoms with E-state index in [0.717, 1.165) is 6.34 Å². The van der Waals surface area contributed by atoms with E-state index >= 15 is 0 Å². The molecule has 0 aliphatic heterocycles. The molecular weight excluding hydrogens is 210 g/mol. The first-order chi connectivity index (χ1) is 6.65. The van der Waals surface area contributed by atoms with Crippen LogP contribution in [0.25, 0.3) is 0 Å². The Morgan fingerprint density at radius 3 is 2.86 bits per heavy atom. The van der Waals surface area contributed by atoms with Gasteiger partial charge >= 0.3 is 0 Å². The van der Waals surface area contributed by atoms with E-state index in [0.29, 0.717) is 5.69 Å². The summed E-state index contributed by atoms with van der Waals surface area (Å²) in [6.07, 6.45) is 1.01. The van der Waals surface area contributed by atoms with Gasteiger partial charge < -0.3 is 0 Å². The van der Waals surface area contributed by atoms with Crippen molar-refractivity contribution in [3.63, 3.8) is 0 Å². The molecule has 0 bridgehead atoms. The fourth-order valence-electron chi connectivity index (χ4n) is 0.812. The second kappa shape index (κ2) is 4.54. The number of hydrogen-bond donors (Lipinski definition) is 2. The maximum Gasteiger partial charge on any atom is 0.271 e. The van der Waals surface area contributed by atoms with Crippen LogP contribution in [0.3, 0.4) is 0 Å². The Balaban J connectivity index is 3.01. The van der Waals surface area contributed by atoms with Crippen molar-refractivity contribution in [1.29, 1.82) is 0 Å². The lowest BCUT2D eigenvalue weighted by molar-refractivity contribution is -0.384. The minimum Gasteiger partial charge on any atom is -0.290 e. The van der Waals surface area contributed by atoms with Crippen LogP contribution in [0.15, 0.2) is 23.2 Å². The molecular formula is C7H6ClN3O3. The van der Waals surface area contributed by atoms with Gasteiger partial charge in [-0.05, 0) is 6.07 Å². The quantitative estimate of drug-likeness (QED) is 0.349. The van der Waals surface area contributed by atoms with E-state index in [2.05, 4.69) is 4.99 Å². The van der Waals surface area contributed by atoms with Gasteiger partial charge in [-0.1, -0.05) is 11.6 Å². The highest BCUT2D eigenvalue weighted by atomic mass is 35.5. The van der Waals surface area contributed by atoms with Crippen molar-refractivity contribution >= 4 is 29.3 Å². The lowest BCUT2D eigenvalue weighted by atomic mass is 10.3. The highest BCUT2D eigenvalue weighted by Gasteiger charge is 2.07. The van der Waals surface area contributed by atoms with Gasteiger partial charge in [0.15, 0.2) is 0 Å². The first-order valence-corrected chi connectivity index (χ1v) is 3.89. The summed E-state index contributed by atoms with van der Waals surface area (Å²) in [5.41, 5.74) is 1.92. The number of hydrogen-bond acceptors (Lipinski definition) is 4. The summed E-state index contributed by atoms with van der Waals surface area (Å²) in [5.74, 6) is 0. The number of rotatable bonds is 3. The third-order valence-corrected chi connectivity index (χ3v) is 1.71. The second-order valence-electron chi connectivity index (χ2n) is 2.28. The number of nitrogens with zero attached hydrogens (tertiary/aromatic N) is 2. The number of halogens is 1. The number of nitro groups is 1. The van der Waals surface area contributed by atoms with Crippen LogP contribution in [-0.4, -0.2) is 16.5 Å². The van der Waals surface area contributed by atoms with Crippen LogP contribution < -0.4 is 5.48 Å². The van der Waals surface area contributed by atoms with Gasteiger partial charge in [-0.2, -0.15) is 0 Å². The number of non-ortho nitro benzene ring substituents is 1. The van der Waals surface area contributed by atoms with Gasteiger partial charge in [0.1, 0.15) is 6.34 Å². The van der Waals surface area contributed by atoms with Gasteiger partial charge in [0.2, 0.25) is 0 Å².